The summed E-state index contributed by atoms with van der Waals surface area (Å²) in [5, 5.41) is 14.1. The van der Waals surface area contributed by atoms with Crippen molar-refractivity contribution in [1.29, 1.82) is 0 Å². The van der Waals surface area contributed by atoms with Gasteiger partial charge in [0.1, 0.15) is 12.3 Å². The fourth-order valence-corrected chi connectivity index (χ4v) is 2.66. The average Bonchev–Trinajstić information content (AvgIpc) is 2.83. The SMILES string of the molecule is Cc1ncc(-c2nc3c(c(C(C)(N)O)n2)OCCN3)s1. The van der Waals surface area contributed by atoms with Crippen LogP contribution in [0.1, 0.15) is 17.6 Å². The van der Waals surface area contributed by atoms with Gasteiger partial charge < -0.3 is 15.2 Å². The molecule has 8 heteroatoms. The van der Waals surface area contributed by atoms with Gasteiger partial charge in [-0.25, -0.2) is 15.0 Å². The Balaban J connectivity index is 2.18. The number of aryl methyl sites for hydroxylation is 1. The fourth-order valence-electron chi connectivity index (χ4n) is 1.95. The summed E-state index contributed by atoms with van der Waals surface area (Å²) in [6, 6.07) is 0. The van der Waals surface area contributed by atoms with Gasteiger partial charge in [-0.15, -0.1) is 11.3 Å². The van der Waals surface area contributed by atoms with E-state index in [1.807, 2.05) is 6.92 Å². The molecule has 0 saturated carbocycles. The molecule has 0 saturated heterocycles. The van der Waals surface area contributed by atoms with Gasteiger partial charge in [0.25, 0.3) is 0 Å². The van der Waals surface area contributed by atoms with Gasteiger partial charge in [-0.05, 0) is 13.8 Å². The van der Waals surface area contributed by atoms with Gasteiger partial charge >= 0.3 is 0 Å². The second-order valence-corrected chi connectivity index (χ2v) is 5.97. The summed E-state index contributed by atoms with van der Waals surface area (Å²) < 4.78 is 5.54. The summed E-state index contributed by atoms with van der Waals surface area (Å²) in [6.07, 6.45) is 1.71. The van der Waals surface area contributed by atoms with E-state index in [-0.39, 0.29) is 5.69 Å². The zero-order chi connectivity index (χ0) is 14.3. The Labute approximate surface area is 119 Å². The third-order valence-corrected chi connectivity index (χ3v) is 3.74. The van der Waals surface area contributed by atoms with Gasteiger partial charge in [0, 0.05) is 6.20 Å². The number of hydrogen-bond donors (Lipinski definition) is 3. The maximum Gasteiger partial charge on any atom is 0.187 e. The molecule has 1 atom stereocenters. The Bertz CT molecular complexity index is 650. The number of fused-ring (bicyclic) bond motifs is 1. The lowest BCUT2D eigenvalue weighted by Crippen LogP contribution is -2.35. The minimum atomic E-state index is -1.60. The summed E-state index contributed by atoms with van der Waals surface area (Å²) in [5.41, 5.74) is 4.46. The maximum absolute atomic E-state index is 10.1. The summed E-state index contributed by atoms with van der Waals surface area (Å²) >= 11 is 1.48. The summed E-state index contributed by atoms with van der Waals surface area (Å²) in [7, 11) is 0. The molecule has 1 aliphatic rings. The predicted molar refractivity (Wildman–Crippen MR) is 75.6 cm³/mol. The zero-order valence-corrected chi connectivity index (χ0v) is 12.0. The summed E-state index contributed by atoms with van der Waals surface area (Å²) in [5.74, 6) is 1.44. The van der Waals surface area contributed by atoms with Crippen molar-refractivity contribution in [1.82, 2.24) is 15.0 Å². The third-order valence-electron chi connectivity index (χ3n) is 2.83. The third kappa shape index (κ3) is 2.33. The van der Waals surface area contributed by atoms with Gasteiger partial charge in [-0.3, -0.25) is 5.73 Å². The van der Waals surface area contributed by atoms with E-state index in [1.54, 1.807) is 6.20 Å². The van der Waals surface area contributed by atoms with Crippen LogP contribution in [0, 0.1) is 6.92 Å². The zero-order valence-electron chi connectivity index (χ0n) is 11.2. The number of anilines is 1. The predicted octanol–water partition coefficient (Wildman–Crippen LogP) is 0.837. The van der Waals surface area contributed by atoms with Crippen molar-refractivity contribution < 1.29 is 9.84 Å². The smallest absolute Gasteiger partial charge is 0.187 e. The normalized spacial score (nSPS) is 16.8. The Morgan fingerprint density at radius 1 is 1.50 bits per heavy atom. The first-order chi connectivity index (χ1) is 9.45. The molecule has 0 aromatic carbocycles. The van der Waals surface area contributed by atoms with Crippen molar-refractivity contribution in [3.63, 3.8) is 0 Å². The molecule has 106 valence electrons. The molecule has 3 rings (SSSR count). The molecule has 0 amide bonds. The van der Waals surface area contributed by atoms with E-state index >= 15 is 0 Å². The minimum Gasteiger partial charge on any atom is -0.486 e. The highest BCUT2D eigenvalue weighted by Crippen LogP contribution is 2.36. The van der Waals surface area contributed by atoms with Crippen LogP contribution in [0.4, 0.5) is 5.82 Å². The molecule has 1 unspecified atom stereocenters. The summed E-state index contributed by atoms with van der Waals surface area (Å²) in [4.78, 5) is 13.8. The number of nitrogens with one attached hydrogen (secondary N) is 1. The van der Waals surface area contributed by atoms with Crippen molar-refractivity contribution >= 4 is 17.2 Å². The fraction of sp³-hybridized carbons (Fsp3) is 0.417. The highest BCUT2D eigenvalue weighted by atomic mass is 32.1. The van der Waals surface area contributed by atoms with E-state index in [0.29, 0.717) is 30.5 Å². The molecule has 2 aromatic heterocycles. The van der Waals surface area contributed by atoms with Crippen LogP contribution in [0.15, 0.2) is 6.20 Å². The second kappa shape index (κ2) is 4.65. The van der Waals surface area contributed by atoms with Crippen molar-refractivity contribution in [3.05, 3.63) is 16.9 Å². The highest BCUT2D eigenvalue weighted by molar-refractivity contribution is 7.14. The molecular weight excluding hydrogens is 278 g/mol. The van der Waals surface area contributed by atoms with E-state index in [0.717, 1.165) is 9.88 Å². The molecule has 3 heterocycles. The number of nitrogens with two attached hydrogens (primary N) is 1. The number of hydrogen-bond acceptors (Lipinski definition) is 8. The van der Waals surface area contributed by atoms with Crippen molar-refractivity contribution in [3.8, 4) is 16.5 Å². The molecule has 1 aliphatic heterocycles. The van der Waals surface area contributed by atoms with E-state index < -0.39 is 5.72 Å². The van der Waals surface area contributed by atoms with E-state index in [2.05, 4.69) is 20.3 Å². The van der Waals surface area contributed by atoms with E-state index in [4.69, 9.17) is 10.5 Å². The van der Waals surface area contributed by atoms with Crippen molar-refractivity contribution in [2.45, 2.75) is 19.6 Å². The highest BCUT2D eigenvalue weighted by Gasteiger charge is 2.30. The molecule has 20 heavy (non-hydrogen) atoms. The lowest BCUT2D eigenvalue weighted by atomic mass is 10.1. The number of aliphatic hydroxyl groups is 1. The Morgan fingerprint density at radius 2 is 2.30 bits per heavy atom. The van der Waals surface area contributed by atoms with Crippen LogP contribution in [0.3, 0.4) is 0 Å². The number of aromatic nitrogens is 3. The van der Waals surface area contributed by atoms with E-state index in [9.17, 15) is 5.11 Å². The second-order valence-electron chi connectivity index (χ2n) is 4.74. The van der Waals surface area contributed by atoms with Crippen LogP contribution in [0.2, 0.25) is 0 Å². The molecule has 0 bridgehead atoms. The van der Waals surface area contributed by atoms with Gasteiger partial charge in [0.2, 0.25) is 0 Å². The molecular formula is C12H15N5O2S. The van der Waals surface area contributed by atoms with E-state index in [1.165, 1.54) is 18.3 Å². The molecule has 0 aliphatic carbocycles. The molecule has 2 aromatic rings. The van der Waals surface area contributed by atoms with Gasteiger partial charge in [0.15, 0.2) is 23.1 Å². The number of rotatable bonds is 2. The van der Waals surface area contributed by atoms with Gasteiger partial charge in [-0.1, -0.05) is 0 Å². The maximum atomic E-state index is 10.1. The van der Waals surface area contributed by atoms with Crippen molar-refractivity contribution in [2.24, 2.45) is 5.73 Å². The minimum absolute atomic E-state index is 0.274. The van der Waals surface area contributed by atoms with Crippen LogP contribution in [0.5, 0.6) is 5.75 Å². The number of ether oxygens (including phenoxy) is 1. The molecule has 4 N–H and O–H groups in total. The number of nitrogens with zero attached hydrogens (tertiary/aromatic N) is 3. The lowest BCUT2D eigenvalue weighted by molar-refractivity contribution is 0.0561. The average molecular weight is 293 g/mol. The standard InChI is InChI=1S/C12H15N5O2S/c1-6-15-5-7(20-6)10-16-9(12(2,13)18)8-11(17-10)14-3-4-19-8/h5,18H,3-4,13H2,1-2H3,(H,14,16,17). The topological polar surface area (TPSA) is 106 Å². The van der Waals surface area contributed by atoms with Crippen LogP contribution in [-0.4, -0.2) is 33.2 Å². The molecule has 0 spiro atoms. The first kappa shape index (κ1) is 13.2. The monoisotopic (exact) mass is 293 g/mol. The first-order valence-electron chi connectivity index (χ1n) is 6.18. The quantitative estimate of drug-likeness (QED) is 0.704. The molecule has 0 fully saturated rings. The van der Waals surface area contributed by atoms with Gasteiger partial charge in [-0.2, -0.15) is 0 Å². The van der Waals surface area contributed by atoms with Gasteiger partial charge in [0.05, 0.1) is 16.4 Å². The van der Waals surface area contributed by atoms with Crippen LogP contribution in [-0.2, 0) is 5.72 Å². The molecule has 0 radical (unpaired) electrons. The first-order valence-corrected chi connectivity index (χ1v) is 7.00. The largest absolute Gasteiger partial charge is 0.486 e. The van der Waals surface area contributed by atoms with Crippen LogP contribution < -0.4 is 15.8 Å². The Morgan fingerprint density at radius 3 is 2.95 bits per heavy atom. The summed E-state index contributed by atoms with van der Waals surface area (Å²) in [6.45, 7) is 4.51. The molecule has 7 nitrogen and oxygen atoms in total. The Hall–Kier alpha value is -1.77. The van der Waals surface area contributed by atoms with Crippen molar-refractivity contribution in [2.75, 3.05) is 18.5 Å². The number of thiazole rings is 1. The van der Waals surface area contributed by atoms with Crippen LogP contribution >= 0.6 is 11.3 Å². The lowest BCUT2D eigenvalue weighted by Gasteiger charge is -2.25. The van der Waals surface area contributed by atoms with Crippen LogP contribution in [0.25, 0.3) is 10.7 Å². The Kier molecular flexibility index (Phi) is 3.08.